The van der Waals surface area contributed by atoms with E-state index >= 15 is 0 Å². The molecule has 0 aliphatic carbocycles. The fraction of sp³-hybridized carbons (Fsp3) is 0.421. The van der Waals surface area contributed by atoms with Gasteiger partial charge < -0.3 is 19.7 Å². The number of ether oxygens (including phenoxy) is 2. The number of nitrogens with zero attached hydrogens (tertiary/aromatic N) is 2. The zero-order valence-electron chi connectivity index (χ0n) is 15.2. The van der Waals surface area contributed by atoms with E-state index < -0.39 is 11.7 Å². The number of methoxy groups -OCH3 is 2. The summed E-state index contributed by atoms with van der Waals surface area (Å²) in [7, 11) is 3.14. The Morgan fingerprint density at radius 2 is 1.85 bits per heavy atom. The van der Waals surface area contributed by atoms with Crippen molar-refractivity contribution in [1.82, 2.24) is 4.98 Å². The Balaban J connectivity index is 1.78. The molecule has 0 radical (unpaired) electrons. The predicted molar refractivity (Wildman–Crippen MR) is 97.6 cm³/mol. The van der Waals surface area contributed by atoms with Crippen LogP contribution in [0.2, 0.25) is 0 Å². The van der Waals surface area contributed by atoms with Crippen LogP contribution in [-0.2, 0) is 6.18 Å². The molecule has 1 saturated heterocycles. The van der Waals surface area contributed by atoms with Crippen LogP contribution in [-0.4, -0.2) is 38.3 Å². The molecule has 5 nitrogen and oxygen atoms in total. The van der Waals surface area contributed by atoms with Crippen molar-refractivity contribution in [2.24, 2.45) is 0 Å². The Morgan fingerprint density at radius 3 is 2.48 bits per heavy atom. The number of aromatic nitrogens is 1. The predicted octanol–water partition coefficient (Wildman–Crippen LogP) is 4.20. The van der Waals surface area contributed by atoms with Gasteiger partial charge in [-0.1, -0.05) is 0 Å². The third-order valence-electron chi connectivity index (χ3n) is 4.54. The van der Waals surface area contributed by atoms with Crippen molar-refractivity contribution in [3.8, 4) is 11.5 Å². The molecule has 1 N–H and O–H groups in total. The summed E-state index contributed by atoms with van der Waals surface area (Å²) in [5.74, 6) is 1.28. The smallest absolute Gasteiger partial charge is 0.419 e. The monoisotopic (exact) mass is 381 g/mol. The van der Waals surface area contributed by atoms with Crippen LogP contribution in [0.4, 0.5) is 24.7 Å². The number of piperidine rings is 1. The highest BCUT2D eigenvalue weighted by molar-refractivity contribution is 5.55. The summed E-state index contributed by atoms with van der Waals surface area (Å²) in [6.45, 7) is 0.972. The minimum Gasteiger partial charge on any atom is -0.497 e. The van der Waals surface area contributed by atoms with Gasteiger partial charge in [0.2, 0.25) is 0 Å². The summed E-state index contributed by atoms with van der Waals surface area (Å²) in [4.78, 5) is 5.70. The van der Waals surface area contributed by atoms with Gasteiger partial charge in [-0.3, -0.25) is 0 Å². The average Bonchev–Trinajstić information content (AvgIpc) is 2.67. The molecule has 27 heavy (non-hydrogen) atoms. The molecule has 0 saturated carbocycles. The summed E-state index contributed by atoms with van der Waals surface area (Å²) in [5, 5.41) is 3.38. The summed E-state index contributed by atoms with van der Waals surface area (Å²) in [6.07, 6.45) is -1.41. The summed E-state index contributed by atoms with van der Waals surface area (Å²) in [6, 6.07) is 7.81. The van der Waals surface area contributed by atoms with E-state index in [2.05, 4.69) is 10.3 Å². The number of benzene rings is 1. The van der Waals surface area contributed by atoms with E-state index in [0.717, 1.165) is 24.6 Å². The molecular weight excluding hydrogens is 359 g/mol. The molecule has 0 bridgehead atoms. The highest BCUT2D eigenvalue weighted by atomic mass is 19.4. The highest BCUT2D eigenvalue weighted by Gasteiger charge is 2.36. The van der Waals surface area contributed by atoms with E-state index in [9.17, 15) is 13.2 Å². The van der Waals surface area contributed by atoms with Gasteiger partial charge in [0.1, 0.15) is 17.3 Å². The van der Waals surface area contributed by atoms with Crippen molar-refractivity contribution in [1.29, 1.82) is 0 Å². The molecule has 1 aliphatic heterocycles. The number of hydrogen-bond donors (Lipinski definition) is 1. The molecule has 1 atom stereocenters. The second-order valence-electron chi connectivity index (χ2n) is 6.40. The van der Waals surface area contributed by atoms with Crippen LogP contribution in [0.1, 0.15) is 18.4 Å². The average molecular weight is 381 g/mol. The van der Waals surface area contributed by atoms with E-state index in [0.29, 0.717) is 24.6 Å². The molecule has 1 aromatic carbocycles. The molecule has 1 fully saturated rings. The Morgan fingerprint density at radius 1 is 1.15 bits per heavy atom. The molecule has 1 aromatic heterocycles. The van der Waals surface area contributed by atoms with Gasteiger partial charge in [-0.25, -0.2) is 4.98 Å². The van der Waals surface area contributed by atoms with Crippen LogP contribution in [0.5, 0.6) is 11.5 Å². The first-order chi connectivity index (χ1) is 12.9. The quantitative estimate of drug-likeness (QED) is 0.841. The van der Waals surface area contributed by atoms with E-state index in [1.165, 1.54) is 12.3 Å². The number of halogens is 3. The number of nitrogens with one attached hydrogen (secondary N) is 1. The first-order valence-electron chi connectivity index (χ1n) is 8.67. The lowest BCUT2D eigenvalue weighted by molar-refractivity contribution is -0.137. The maximum atomic E-state index is 13.3. The summed E-state index contributed by atoms with van der Waals surface area (Å²) in [5.41, 5.74) is 0.101. The van der Waals surface area contributed by atoms with E-state index in [4.69, 9.17) is 9.47 Å². The third-order valence-corrected chi connectivity index (χ3v) is 4.54. The van der Waals surface area contributed by atoms with Gasteiger partial charge >= 0.3 is 6.18 Å². The number of rotatable bonds is 5. The van der Waals surface area contributed by atoms with Crippen molar-refractivity contribution >= 4 is 11.5 Å². The van der Waals surface area contributed by atoms with Crippen LogP contribution < -0.4 is 19.7 Å². The molecular formula is C19H22F3N3O2. The number of pyridine rings is 1. The normalized spacial score (nSPS) is 17.5. The van der Waals surface area contributed by atoms with E-state index in [1.807, 2.05) is 12.1 Å². The van der Waals surface area contributed by atoms with Crippen molar-refractivity contribution in [2.45, 2.75) is 25.1 Å². The number of alkyl halides is 3. The maximum absolute atomic E-state index is 13.3. The molecule has 0 spiro atoms. The Labute approximate surface area is 156 Å². The highest BCUT2D eigenvalue weighted by Crippen LogP contribution is 2.36. The summed E-state index contributed by atoms with van der Waals surface area (Å²) >= 11 is 0. The Kier molecular flexibility index (Phi) is 5.62. The van der Waals surface area contributed by atoms with Gasteiger partial charge in [0.15, 0.2) is 0 Å². The first kappa shape index (κ1) is 19.1. The Bertz CT molecular complexity index is 761. The maximum Gasteiger partial charge on any atom is 0.419 e. The van der Waals surface area contributed by atoms with Gasteiger partial charge in [0, 0.05) is 49.2 Å². The van der Waals surface area contributed by atoms with E-state index in [-0.39, 0.29) is 11.9 Å². The molecule has 2 aromatic rings. The summed E-state index contributed by atoms with van der Waals surface area (Å²) < 4.78 is 50.4. The standard InChI is InChI=1S/C19H22F3N3O2/c1-26-15-9-14(10-16(11-15)27-2)24-13-5-4-8-25(12-13)18-17(19(20,21)22)6-3-7-23-18/h3,6-7,9-11,13,24H,4-5,8,12H2,1-2H3. The van der Waals surface area contributed by atoms with Gasteiger partial charge in [0.25, 0.3) is 0 Å². The first-order valence-corrected chi connectivity index (χ1v) is 8.67. The minimum atomic E-state index is -4.43. The van der Waals surface area contributed by atoms with Crippen LogP contribution in [0, 0.1) is 0 Å². The topological polar surface area (TPSA) is 46.6 Å². The molecule has 8 heteroatoms. The van der Waals surface area contributed by atoms with Gasteiger partial charge in [-0.15, -0.1) is 0 Å². The van der Waals surface area contributed by atoms with Crippen LogP contribution in [0.15, 0.2) is 36.5 Å². The lowest BCUT2D eigenvalue weighted by Crippen LogP contribution is -2.43. The Hall–Kier alpha value is -2.64. The van der Waals surface area contributed by atoms with Gasteiger partial charge in [-0.2, -0.15) is 13.2 Å². The lowest BCUT2D eigenvalue weighted by atomic mass is 10.0. The molecule has 1 unspecified atom stereocenters. The van der Waals surface area contributed by atoms with Crippen molar-refractivity contribution in [3.63, 3.8) is 0 Å². The van der Waals surface area contributed by atoms with Crippen LogP contribution in [0.3, 0.4) is 0 Å². The van der Waals surface area contributed by atoms with Crippen LogP contribution >= 0.6 is 0 Å². The molecule has 2 heterocycles. The van der Waals surface area contributed by atoms with Crippen molar-refractivity contribution in [2.75, 3.05) is 37.5 Å². The fourth-order valence-electron chi connectivity index (χ4n) is 3.28. The zero-order valence-corrected chi connectivity index (χ0v) is 15.2. The zero-order chi connectivity index (χ0) is 19.4. The number of anilines is 2. The van der Waals surface area contributed by atoms with Crippen molar-refractivity contribution < 1.29 is 22.6 Å². The van der Waals surface area contributed by atoms with E-state index in [1.54, 1.807) is 25.2 Å². The lowest BCUT2D eigenvalue weighted by Gasteiger charge is -2.35. The molecule has 1 aliphatic rings. The van der Waals surface area contributed by atoms with Gasteiger partial charge in [-0.05, 0) is 25.0 Å². The minimum absolute atomic E-state index is 0.0141. The third kappa shape index (κ3) is 4.56. The van der Waals surface area contributed by atoms with Crippen molar-refractivity contribution in [3.05, 3.63) is 42.1 Å². The number of hydrogen-bond acceptors (Lipinski definition) is 5. The molecule has 0 amide bonds. The second-order valence-corrected chi connectivity index (χ2v) is 6.40. The SMILES string of the molecule is COc1cc(NC2CCCN(c3ncccc3C(F)(F)F)C2)cc(OC)c1. The van der Waals surface area contributed by atoms with Crippen LogP contribution in [0.25, 0.3) is 0 Å². The fourth-order valence-corrected chi connectivity index (χ4v) is 3.28. The largest absolute Gasteiger partial charge is 0.497 e. The van der Waals surface area contributed by atoms with Gasteiger partial charge in [0.05, 0.1) is 19.8 Å². The second kappa shape index (κ2) is 7.94. The molecule has 146 valence electrons. The molecule has 3 rings (SSSR count).